The van der Waals surface area contributed by atoms with Crippen molar-refractivity contribution in [3.63, 3.8) is 0 Å². The van der Waals surface area contributed by atoms with E-state index in [0.29, 0.717) is 5.02 Å². The number of nitrogens with one attached hydrogen (secondary N) is 1. The van der Waals surface area contributed by atoms with Crippen LogP contribution in [0.5, 0.6) is 0 Å². The van der Waals surface area contributed by atoms with Crippen LogP contribution in [0, 0.1) is 5.92 Å². The highest BCUT2D eigenvalue weighted by Crippen LogP contribution is 2.48. The summed E-state index contributed by atoms with van der Waals surface area (Å²) in [6.07, 6.45) is -1.50. The summed E-state index contributed by atoms with van der Waals surface area (Å²) >= 11 is 6.30. The molecule has 0 aromatic heterocycles. The number of hydrogen-bond acceptors (Lipinski definition) is 4. The Kier molecular flexibility index (Phi) is 7.58. The van der Waals surface area contributed by atoms with Gasteiger partial charge in [-0.05, 0) is 62.5 Å². The average Bonchev–Trinajstić information content (AvgIpc) is 3.07. The summed E-state index contributed by atoms with van der Waals surface area (Å²) < 4.78 is 31.7. The molecule has 1 aromatic rings. The second-order valence-electron chi connectivity index (χ2n) is 8.70. The minimum atomic E-state index is -5.08. The number of benzene rings is 1. The molecule has 0 radical (unpaired) electrons. The van der Waals surface area contributed by atoms with Crippen LogP contribution >= 0.6 is 11.6 Å². The number of carbonyl (C=O) groups is 3. The third-order valence-corrected chi connectivity index (χ3v) is 6.88. The highest BCUT2D eigenvalue weighted by atomic mass is 35.5. The van der Waals surface area contributed by atoms with Crippen LogP contribution in [0.2, 0.25) is 5.02 Å². The molecule has 2 amide bonds. The van der Waals surface area contributed by atoms with E-state index in [2.05, 4.69) is 5.32 Å². The summed E-state index contributed by atoms with van der Waals surface area (Å²) in [4.78, 5) is 37.8. The van der Waals surface area contributed by atoms with E-state index in [9.17, 15) is 22.8 Å². The fourth-order valence-electron chi connectivity index (χ4n) is 4.80. The van der Waals surface area contributed by atoms with Crippen molar-refractivity contribution in [2.24, 2.45) is 5.92 Å². The Morgan fingerprint density at radius 2 is 1.73 bits per heavy atom. The first kappa shape index (κ1) is 25.3. The highest BCUT2D eigenvalue weighted by molar-refractivity contribution is 6.30. The van der Waals surface area contributed by atoms with Gasteiger partial charge in [0.15, 0.2) is 0 Å². The number of aliphatic carboxylic acids is 1. The molecule has 1 spiro atoms. The lowest BCUT2D eigenvalue weighted by Crippen LogP contribution is -2.48. The van der Waals surface area contributed by atoms with Crippen LogP contribution in [0.25, 0.3) is 0 Å². The van der Waals surface area contributed by atoms with Crippen LogP contribution in [-0.2, 0) is 19.8 Å². The van der Waals surface area contributed by atoms with E-state index in [1.54, 1.807) is 6.92 Å². The predicted octanol–water partition coefficient (Wildman–Crippen LogP) is 3.20. The first-order chi connectivity index (χ1) is 15.4. The fraction of sp³-hybridized carbons (Fsp3) is 0.591. The smallest absolute Gasteiger partial charge is 0.475 e. The minimum Gasteiger partial charge on any atom is -0.475 e. The van der Waals surface area contributed by atoms with Crippen LogP contribution in [0.15, 0.2) is 18.2 Å². The molecule has 1 aromatic carbocycles. The Morgan fingerprint density at radius 1 is 1.15 bits per heavy atom. The number of carbonyl (C=O) groups excluding carboxylic acids is 2. The van der Waals surface area contributed by atoms with Crippen LogP contribution < -0.4 is 10.2 Å². The van der Waals surface area contributed by atoms with Crippen molar-refractivity contribution in [2.75, 3.05) is 37.6 Å². The average molecular weight is 490 g/mol. The molecule has 7 nitrogen and oxygen atoms in total. The molecule has 33 heavy (non-hydrogen) atoms. The van der Waals surface area contributed by atoms with E-state index in [-0.39, 0.29) is 23.1 Å². The molecule has 0 atom stereocenters. The monoisotopic (exact) mass is 489 g/mol. The van der Waals surface area contributed by atoms with Crippen molar-refractivity contribution >= 4 is 35.1 Å². The molecular formula is C22H27ClF3N3O4. The Balaban J connectivity index is 0.000000383. The minimum absolute atomic E-state index is 0.0746. The maximum absolute atomic E-state index is 13.2. The van der Waals surface area contributed by atoms with Crippen LogP contribution in [0.3, 0.4) is 0 Å². The van der Waals surface area contributed by atoms with E-state index in [4.69, 9.17) is 21.5 Å². The number of fused-ring (bicyclic) bond motifs is 2. The first-order valence-electron chi connectivity index (χ1n) is 10.8. The molecule has 3 heterocycles. The van der Waals surface area contributed by atoms with E-state index in [1.165, 1.54) is 5.56 Å². The Morgan fingerprint density at radius 3 is 2.24 bits per heavy atom. The summed E-state index contributed by atoms with van der Waals surface area (Å²) in [6.45, 7) is 5.67. The molecule has 182 valence electrons. The van der Waals surface area contributed by atoms with Gasteiger partial charge in [-0.25, -0.2) is 4.79 Å². The molecule has 3 aliphatic heterocycles. The summed E-state index contributed by atoms with van der Waals surface area (Å²) in [6, 6.07) is 5.92. The van der Waals surface area contributed by atoms with Crippen LogP contribution in [-0.4, -0.2) is 66.7 Å². The van der Waals surface area contributed by atoms with Crippen molar-refractivity contribution in [1.82, 2.24) is 10.2 Å². The predicted molar refractivity (Wildman–Crippen MR) is 116 cm³/mol. The number of rotatable bonds is 1. The zero-order chi connectivity index (χ0) is 24.4. The van der Waals surface area contributed by atoms with Gasteiger partial charge in [0, 0.05) is 48.6 Å². The molecule has 2 fully saturated rings. The molecule has 4 rings (SSSR count). The molecule has 0 unspecified atom stereocenters. The third-order valence-electron chi connectivity index (χ3n) is 6.64. The van der Waals surface area contributed by atoms with Gasteiger partial charge in [-0.1, -0.05) is 11.6 Å². The zero-order valence-electron chi connectivity index (χ0n) is 18.3. The first-order valence-corrected chi connectivity index (χ1v) is 11.2. The highest BCUT2D eigenvalue weighted by Gasteiger charge is 2.47. The number of hydrogen-bond donors (Lipinski definition) is 2. The quantitative estimate of drug-likeness (QED) is 0.632. The normalized spacial score (nSPS) is 20.2. The lowest BCUT2D eigenvalue weighted by molar-refractivity contribution is -0.192. The van der Waals surface area contributed by atoms with E-state index >= 15 is 0 Å². The van der Waals surface area contributed by atoms with Gasteiger partial charge in [0.25, 0.3) is 0 Å². The standard InChI is InChI=1S/C20H26ClN3O2.C2HF3O2/c1-14(25)23-10-6-20(7-11-23)13-24(18-3-2-16(21)12-17(18)20)19(26)15-4-8-22-9-5-15;3-2(4,5)1(6)7/h2-3,12,15,22H,4-11,13H2,1H3;(H,6,7). The number of nitrogens with zero attached hydrogens (tertiary/aromatic N) is 2. The summed E-state index contributed by atoms with van der Waals surface area (Å²) in [5.41, 5.74) is 2.14. The summed E-state index contributed by atoms with van der Waals surface area (Å²) in [5.74, 6) is -2.27. The maximum atomic E-state index is 13.2. The second kappa shape index (κ2) is 9.89. The van der Waals surface area contributed by atoms with Crippen molar-refractivity contribution in [3.8, 4) is 0 Å². The molecule has 3 aliphatic rings. The van der Waals surface area contributed by atoms with Gasteiger partial charge in [-0.2, -0.15) is 13.2 Å². The molecule has 0 bridgehead atoms. The Hall–Kier alpha value is -2.33. The fourth-order valence-corrected chi connectivity index (χ4v) is 4.98. The molecule has 2 saturated heterocycles. The van der Waals surface area contributed by atoms with Crippen molar-refractivity contribution in [1.29, 1.82) is 0 Å². The van der Waals surface area contributed by atoms with E-state index in [1.807, 2.05) is 28.0 Å². The third kappa shape index (κ3) is 5.60. The summed E-state index contributed by atoms with van der Waals surface area (Å²) in [5, 5.41) is 11.2. The SMILES string of the molecule is CC(=O)N1CCC2(CC1)CN(C(=O)C1CCNCC1)c1ccc(Cl)cc12.O=C(O)C(F)(F)F. The summed E-state index contributed by atoms with van der Waals surface area (Å²) in [7, 11) is 0. The number of amides is 2. The van der Waals surface area contributed by atoms with Gasteiger partial charge in [0.1, 0.15) is 0 Å². The molecule has 2 N–H and O–H groups in total. The number of carboxylic acid groups (broad SMARTS) is 1. The van der Waals surface area contributed by atoms with Crippen molar-refractivity contribution in [3.05, 3.63) is 28.8 Å². The van der Waals surface area contributed by atoms with Crippen LogP contribution in [0.1, 0.15) is 38.2 Å². The van der Waals surface area contributed by atoms with Gasteiger partial charge in [-0.3, -0.25) is 9.59 Å². The molecule has 11 heteroatoms. The van der Waals surface area contributed by atoms with E-state index in [0.717, 1.165) is 64.1 Å². The molecule has 0 aliphatic carbocycles. The zero-order valence-corrected chi connectivity index (χ0v) is 19.0. The number of anilines is 1. The lowest BCUT2D eigenvalue weighted by Gasteiger charge is -2.39. The largest absolute Gasteiger partial charge is 0.490 e. The second-order valence-corrected chi connectivity index (χ2v) is 9.14. The lowest BCUT2D eigenvalue weighted by atomic mass is 9.74. The number of likely N-dealkylation sites (tertiary alicyclic amines) is 1. The van der Waals surface area contributed by atoms with Gasteiger partial charge in [0.2, 0.25) is 11.8 Å². The number of piperidine rings is 2. The van der Waals surface area contributed by atoms with Gasteiger partial charge >= 0.3 is 12.1 Å². The van der Waals surface area contributed by atoms with Gasteiger partial charge < -0.3 is 20.2 Å². The number of alkyl halides is 3. The Labute approximate surface area is 194 Å². The maximum Gasteiger partial charge on any atom is 0.490 e. The van der Waals surface area contributed by atoms with Gasteiger partial charge in [0.05, 0.1) is 0 Å². The van der Waals surface area contributed by atoms with Gasteiger partial charge in [-0.15, -0.1) is 0 Å². The Bertz CT molecular complexity index is 911. The number of halogens is 4. The molecule has 0 saturated carbocycles. The van der Waals surface area contributed by atoms with Crippen LogP contribution in [0.4, 0.5) is 18.9 Å². The number of carboxylic acids is 1. The van der Waals surface area contributed by atoms with Crippen molar-refractivity contribution in [2.45, 2.75) is 44.2 Å². The molecular weight excluding hydrogens is 463 g/mol. The topological polar surface area (TPSA) is 90.0 Å². The van der Waals surface area contributed by atoms with E-state index < -0.39 is 12.1 Å². The van der Waals surface area contributed by atoms with Crippen molar-refractivity contribution < 1.29 is 32.7 Å².